The van der Waals surface area contributed by atoms with E-state index < -0.39 is 14.8 Å². The maximum atomic E-state index is 12.1. The minimum Gasteiger partial charge on any atom is -0.462 e. The van der Waals surface area contributed by atoms with Gasteiger partial charge in [-0.05, 0) is 25.0 Å². The third kappa shape index (κ3) is 24.3. The molecule has 0 amide bonds. The number of unbranched alkanes of at least 4 members (excludes halogenated alkanes) is 14. The summed E-state index contributed by atoms with van der Waals surface area (Å²) in [4.78, 5) is 24.0. The third-order valence-electron chi connectivity index (χ3n) is 5.56. The Balaban J connectivity index is 3.86. The Kier molecular flexibility index (Phi) is 25.5. The SMILES string of the molecule is CCCCCCCCCCCCC(=O)O[C@@H](COP=O)COC(=O)CCCCCCCCS. The zero-order valence-electron chi connectivity index (χ0n) is 20.8. The lowest BCUT2D eigenvalue weighted by Crippen LogP contribution is -2.28. The third-order valence-corrected chi connectivity index (χ3v) is 6.14. The quantitative estimate of drug-likeness (QED) is 0.0593. The fourth-order valence-corrected chi connectivity index (χ4v) is 4.03. The molecule has 0 aromatic carbocycles. The van der Waals surface area contributed by atoms with Crippen molar-refractivity contribution in [2.24, 2.45) is 0 Å². The van der Waals surface area contributed by atoms with E-state index in [0.717, 1.165) is 50.7 Å². The standard InChI is InChI=1S/C25H47O6PS/c1-2-3-4-5-6-7-8-9-13-16-19-25(27)31-23(22-30-32-28)21-29-24(26)18-15-12-10-11-14-17-20-33/h23,33H,2-22H2,1H3/t23-/m1/s1. The minimum absolute atomic E-state index is 0.0623. The summed E-state index contributed by atoms with van der Waals surface area (Å²) in [7, 11) is -0.488. The van der Waals surface area contributed by atoms with Gasteiger partial charge in [-0.25, -0.2) is 4.57 Å². The lowest BCUT2D eigenvalue weighted by atomic mass is 10.1. The summed E-state index contributed by atoms with van der Waals surface area (Å²) in [5, 5.41) is 0. The van der Waals surface area contributed by atoms with E-state index in [1.54, 1.807) is 0 Å². The maximum absolute atomic E-state index is 12.1. The van der Waals surface area contributed by atoms with Crippen LogP contribution in [0.3, 0.4) is 0 Å². The molecule has 0 bridgehead atoms. The van der Waals surface area contributed by atoms with Crippen LogP contribution in [0.2, 0.25) is 0 Å². The summed E-state index contributed by atoms with van der Waals surface area (Å²) >= 11 is 4.20. The lowest BCUT2D eigenvalue weighted by molar-refractivity contribution is -0.160. The molecule has 0 aliphatic rings. The van der Waals surface area contributed by atoms with Crippen LogP contribution in [-0.2, 0) is 28.2 Å². The fraction of sp³-hybridized carbons (Fsp3) is 0.920. The summed E-state index contributed by atoms with van der Waals surface area (Å²) in [6, 6.07) is 0. The molecule has 0 rings (SSSR count). The minimum atomic E-state index is -0.729. The van der Waals surface area contributed by atoms with Crippen LogP contribution in [0.4, 0.5) is 0 Å². The Hall–Kier alpha value is -0.650. The number of rotatable bonds is 25. The van der Waals surface area contributed by atoms with E-state index in [0.29, 0.717) is 12.8 Å². The number of ether oxygens (including phenoxy) is 2. The predicted molar refractivity (Wildman–Crippen MR) is 137 cm³/mol. The van der Waals surface area contributed by atoms with E-state index >= 15 is 0 Å². The molecule has 0 saturated heterocycles. The summed E-state index contributed by atoms with van der Waals surface area (Å²) in [6.07, 6.45) is 18.3. The van der Waals surface area contributed by atoms with Gasteiger partial charge < -0.3 is 9.47 Å². The van der Waals surface area contributed by atoms with E-state index in [4.69, 9.17) is 14.0 Å². The van der Waals surface area contributed by atoms with Gasteiger partial charge in [0.05, 0.1) is 0 Å². The second-order valence-corrected chi connectivity index (χ2v) is 9.55. The highest BCUT2D eigenvalue weighted by Crippen LogP contribution is 2.13. The van der Waals surface area contributed by atoms with Crippen molar-refractivity contribution in [3.8, 4) is 0 Å². The van der Waals surface area contributed by atoms with Gasteiger partial charge in [-0.3, -0.25) is 14.1 Å². The predicted octanol–water partition coefficient (Wildman–Crippen LogP) is 7.64. The van der Waals surface area contributed by atoms with Crippen molar-refractivity contribution in [3.63, 3.8) is 0 Å². The summed E-state index contributed by atoms with van der Waals surface area (Å²) in [5.74, 6) is 0.288. The molecule has 0 spiro atoms. The van der Waals surface area contributed by atoms with Crippen molar-refractivity contribution < 1.29 is 28.2 Å². The molecular weight excluding hydrogens is 459 g/mol. The van der Waals surface area contributed by atoms with Crippen LogP contribution in [0.25, 0.3) is 0 Å². The number of esters is 2. The molecule has 0 saturated carbocycles. The molecule has 0 radical (unpaired) electrons. The van der Waals surface area contributed by atoms with Crippen LogP contribution in [0.1, 0.15) is 122 Å². The van der Waals surface area contributed by atoms with Crippen LogP contribution >= 0.6 is 21.3 Å². The van der Waals surface area contributed by atoms with Gasteiger partial charge in [0.2, 0.25) is 0 Å². The van der Waals surface area contributed by atoms with Crippen molar-refractivity contribution in [3.05, 3.63) is 0 Å². The fourth-order valence-electron chi connectivity index (χ4n) is 3.58. The monoisotopic (exact) mass is 506 g/mol. The van der Waals surface area contributed by atoms with Gasteiger partial charge in [-0.15, -0.1) is 0 Å². The van der Waals surface area contributed by atoms with Crippen LogP contribution in [0, 0.1) is 0 Å². The van der Waals surface area contributed by atoms with Gasteiger partial charge >= 0.3 is 20.6 Å². The highest BCUT2D eigenvalue weighted by atomic mass is 32.1. The number of hydrogen-bond acceptors (Lipinski definition) is 7. The van der Waals surface area contributed by atoms with Gasteiger partial charge in [0.15, 0.2) is 6.10 Å². The first-order valence-corrected chi connectivity index (χ1v) is 14.4. The van der Waals surface area contributed by atoms with Crippen molar-refractivity contribution >= 4 is 33.3 Å². The smallest absolute Gasteiger partial charge is 0.327 e. The van der Waals surface area contributed by atoms with Gasteiger partial charge in [-0.2, -0.15) is 12.6 Å². The maximum Gasteiger partial charge on any atom is 0.327 e. The van der Waals surface area contributed by atoms with Gasteiger partial charge in [-0.1, -0.05) is 90.4 Å². The van der Waals surface area contributed by atoms with E-state index in [1.165, 1.54) is 57.8 Å². The first-order chi connectivity index (χ1) is 16.1. The molecule has 0 aromatic heterocycles. The van der Waals surface area contributed by atoms with Crippen LogP contribution in [0.15, 0.2) is 0 Å². The Morgan fingerprint density at radius 2 is 1.18 bits per heavy atom. The Bertz CT molecular complexity index is 478. The highest BCUT2D eigenvalue weighted by Gasteiger charge is 2.17. The van der Waals surface area contributed by atoms with E-state index in [9.17, 15) is 14.2 Å². The second-order valence-electron chi connectivity index (χ2n) is 8.69. The Morgan fingerprint density at radius 1 is 0.697 bits per heavy atom. The molecule has 0 aliphatic carbocycles. The lowest BCUT2D eigenvalue weighted by Gasteiger charge is -2.16. The Morgan fingerprint density at radius 3 is 1.70 bits per heavy atom. The zero-order chi connectivity index (χ0) is 24.4. The number of thiol groups is 1. The molecule has 6 nitrogen and oxygen atoms in total. The molecule has 0 unspecified atom stereocenters. The molecule has 1 atom stereocenters. The molecule has 194 valence electrons. The second kappa shape index (κ2) is 26.0. The zero-order valence-corrected chi connectivity index (χ0v) is 22.6. The summed E-state index contributed by atoms with van der Waals surface area (Å²) in [6.45, 7) is 2.10. The van der Waals surface area contributed by atoms with Gasteiger partial charge in [0, 0.05) is 12.8 Å². The average molecular weight is 507 g/mol. The number of carbonyl (C=O) groups is 2. The van der Waals surface area contributed by atoms with Crippen LogP contribution < -0.4 is 0 Å². The van der Waals surface area contributed by atoms with E-state index in [-0.39, 0.29) is 25.2 Å². The normalized spacial score (nSPS) is 12.1. The largest absolute Gasteiger partial charge is 0.462 e. The molecule has 0 heterocycles. The molecule has 0 N–H and O–H groups in total. The van der Waals surface area contributed by atoms with Crippen molar-refractivity contribution in [2.75, 3.05) is 19.0 Å². The molecular formula is C25H47O6PS. The number of carbonyl (C=O) groups excluding carboxylic acids is 2. The van der Waals surface area contributed by atoms with E-state index in [2.05, 4.69) is 19.6 Å². The van der Waals surface area contributed by atoms with Crippen molar-refractivity contribution in [1.29, 1.82) is 0 Å². The molecule has 8 heteroatoms. The van der Waals surface area contributed by atoms with Crippen LogP contribution in [-0.4, -0.2) is 37.0 Å². The Labute approximate surface area is 209 Å². The van der Waals surface area contributed by atoms with E-state index in [1.807, 2.05) is 0 Å². The molecule has 33 heavy (non-hydrogen) atoms. The van der Waals surface area contributed by atoms with Crippen LogP contribution in [0.5, 0.6) is 0 Å². The highest BCUT2D eigenvalue weighted by molar-refractivity contribution is 7.80. The first-order valence-electron chi connectivity index (χ1n) is 13.0. The summed E-state index contributed by atoms with van der Waals surface area (Å²) < 4.78 is 26.0. The molecule has 0 fully saturated rings. The van der Waals surface area contributed by atoms with Crippen molar-refractivity contribution in [2.45, 2.75) is 129 Å². The summed E-state index contributed by atoms with van der Waals surface area (Å²) in [5.41, 5.74) is 0. The molecule has 0 aliphatic heterocycles. The number of hydrogen-bond donors (Lipinski definition) is 1. The topological polar surface area (TPSA) is 78.9 Å². The first kappa shape index (κ1) is 32.4. The molecule has 0 aromatic rings. The average Bonchev–Trinajstić information content (AvgIpc) is 2.81. The van der Waals surface area contributed by atoms with Gasteiger partial charge in [0.1, 0.15) is 13.2 Å². The van der Waals surface area contributed by atoms with Gasteiger partial charge in [0.25, 0.3) is 0 Å². The van der Waals surface area contributed by atoms with Crippen molar-refractivity contribution in [1.82, 2.24) is 0 Å².